The monoisotopic (exact) mass is 349 g/mol. The Morgan fingerprint density at radius 3 is 2.79 bits per heavy atom. The topological polar surface area (TPSA) is 99.0 Å². The molecular formula is C16H23N5O2S. The Hall–Kier alpha value is -1.96. The molecule has 0 spiro atoms. The summed E-state index contributed by atoms with van der Waals surface area (Å²) < 4.78 is 6.67. The summed E-state index contributed by atoms with van der Waals surface area (Å²) in [5.41, 5.74) is 0.805. The molecule has 1 aliphatic rings. The van der Waals surface area contributed by atoms with E-state index in [-0.39, 0.29) is 11.7 Å². The number of carbonyl (C=O) groups is 1. The Labute approximate surface area is 145 Å². The number of amides is 1. The first-order valence-electron chi connectivity index (χ1n) is 8.32. The lowest BCUT2D eigenvalue weighted by Gasteiger charge is -2.15. The van der Waals surface area contributed by atoms with Crippen molar-refractivity contribution in [1.82, 2.24) is 20.2 Å². The summed E-state index contributed by atoms with van der Waals surface area (Å²) in [5.74, 6) is 7.63. The van der Waals surface area contributed by atoms with Gasteiger partial charge in [0.1, 0.15) is 5.76 Å². The van der Waals surface area contributed by atoms with Crippen LogP contribution in [0.25, 0.3) is 11.4 Å². The maximum atomic E-state index is 12.2. The smallest absolute Gasteiger partial charge is 0.230 e. The molecule has 0 aliphatic heterocycles. The van der Waals surface area contributed by atoms with Crippen LogP contribution in [0.1, 0.15) is 44.3 Å². The fraction of sp³-hybridized carbons (Fsp3) is 0.562. The van der Waals surface area contributed by atoms with Gasteiger partial charge in [0.25, 0.3) is 0 Å². The summed E-state index contributed by atoms with van der Waals surface area (Å²) in [6.07, 6.45) is 8.68. The first-order chi connectivity index (χ1) is 11.6. The van der Waals surface area contributed by atoms with Gasteiger partial charge in [0.15, 0.2) is 5.82 Å². The molecule has 2 aromatic heterocycles. The highest BCUT2D eigenvalue weighted by molar-refractivity contribution is 7.99. The molecular weight excluding hydrogens is 326 g/mol. The van der Waals surface area contributed by atoms with Gasteiger partial charge in [-0.25, -0.2) is 4.68 Å². The van der Waals surface area contributed by atoms with Crippen LogP contribution in [0, 0.1) is 6.92 Å². The number of nitrogens with two attached hydrogens (primary N) is 1. The maximum absolute atomic E-state index is 12.2. The zero-order valence-electron chi connectivity index (χ0n) is 13.8. The van der Waals surface area contributed by atoms with E-state index in [1.54, 1.807) is 12.3 Å². The Balaban J connectivity index is 1.56. The molecule has 2 heterocycles. The SMILES string of the molecule is Cc1occc1-c1nnc(SCC(=O)NC2CCCCCC2)n1N. The van der Waals surface area contributed by atoms with Gasteiger partial charge in [-0.05, 0) is 25.8 Å². The average molecular weight is 349 g/mol. The lowest BCUT2D eigenvalue weighted by molar-refractivity contribution is -0.119. The van der Waals surface area contributed by atoms with Crippen molar-refractivity contribution in [3.05, 3.63) is 18.1 Å². The fourth-order valence-corrected chi connectivity index (χ4v) is 3.67. The lowest BCUT2D eigenvalue weighted by atomic mass is 10.1. The summed E-state index contributed by atoms with van der Waals surface area (Å²) >= 11 is 1.29. The second-order valence-corrected chi connectivity index (χ2v) is 7.05. The van der Waals surface area contributed by atoms with E-state index in [2.05, 4.69) is 15.5 Å². The minimum atomic E-state index is 0.0240. The molecule has 0 unspecified atom stereocenters. The fourth-order valence-electron chi connectivity index (χ4n) is 3.00. The number of nitrogens with one attached hydrogen (secondary N) is 1. The molecule has 7 nitrogen and oxygen atoms in total. The molecule has 3 N–H and O–H groups in total. The molecule has 8 heteroatoms. The van der Waals surface area contributed by atoms with Gasteiger partial charge in [0.05, 0.1) is 17.6 Å². The van der Waals surface area contributed by atoms with Crippen LogP contribution in [0.4, 0.5) is 0 Å². The molecule has 3 rings (SSSR count). The number of nitrogen functional groups attached to an aromatic ring is 1. The molecule has 1 saturated carbocycles. The lowest BCUT2D eigenvalue weighted by Crippen LogP contribution is -2.35. The first kappa shape index (κ1) is 16.9. The molecule has 0 aromatic carbocycles. The minimum absolute atomic E-state index is 0.0240. The highest BCUT2D eigenvalue weighted by Gasteiger charge is 2.18. The number of aromatic nitrogens is 3. The van der Waals surface area contributed by atoms with E-state index in [1.165, 1.54) is 42.1 Å². The zero-order chi connectivity index (χ0) is 16.9. The predicted molar refractivity (Wildman–Crippen MR) is 93.0 cm³/mol. The number of furan rings is 1. The van der Waals surface area contributed by atoms with Crippen LogP contribution in [-0.4, -0.2) is 32.6 Å². The quantitative estimate of drug-likeness (QED) is 0.489. The van der Waals surface area contributed by atoms with Crippen LogP contribution in [0.2, 0.25) is 0 Å². The van der Waals surface area contributed by atoms with Crippen molar-refractivity contribution in [2.24, 2.45) is 0 Å². The van der Waals surface area contributed by atoms with Gasteiger partial charge in [-0.1, -0.05) is 37.4 Å². The molecule has 0 bridgehead atoms. The molecule has 1 aliphatic carbocycles. The van der Waals surface area contributed by atoms with Gasteiger partial charge in [-0.15, -0.1) is 10.2 Å². The van der Waals surface area contributed by atoms with Gasteiger partial charge in [0, 0.05) is 6.04 Å². The van der Waals surface area contributed by atoms with Crippen molar-refractivity contribution in [3.63, 3.8) is 0 Å². The number of thioether (sulfide) groups is 1. The predicted octanol–water partition coefficient (Wildman–Crippen LogP) is 2.49. The van der Waals surface area contributed by atoms with E-state index in [9.17, 15) is 4.79 Å². The van der Waals surface area contributed by atoms with Crippen LogP contribution in [0.15, 0.2) is 21.9 Å². The van der Waals surface area contributed by atoms with Gasteiger partial charge in [0.2, 0.25) is 11.1 Å². The summed E-state index contributed by atoms with van der Waals surface area (Å²) in [6, 6.07) is 2.11. The highest BCUT2D eigenvalue weighted by Crippen LogP contribution is 2.25. The largest absolute Gasteiger partial charge is 0.469 e. The highest BCUT2D eigenvalue weighted by atomic mass is 32.2. The van der Waals surface area contributed by atoms with Crippen LogP contribution < -0.4 is 11.2 Å². The van der Waals surface area contributed by atoms with Crippen LogP contribution >= 0.6 is 11.8 Å². The van der Waals surface area contributed by atoms with Crippen molar-refractivity contribution in [3.8, 4) is 11.4 Å². The van der Waals surface area contributed by atoms with Crippen LogP contribution in [0.5, 0.6) is 0 Å². The first-order valence-corrected chi connectivity index (χ1v) is 9.31. The van der Waals surface area contributed by atoms with Crippen molar-refractivity contribution in [1.29, 1.82) is 0 Å². The molecule has 1 amide bonds. The number of hydrogen-bond acceptors (Lipinski definition) is 6. The maximum Gasteiger partial charge on any atom is 0.230 e. The summed E-state index contributed by atoms with van der Waals surface area (Å²) in [4.78, 5) is 12.2. The van der Waals surface area contributed by atoms with E-state index in [0.29, 0.717) is 17.0 Å². The van der Waals surface area contributed by atoms with Crippen molar-refractivity contribution in [2.45, 2.75) is 56.6 Å². The molecule has 0 saturated heterocycles. The molecule has 0 radical (unpaired) electrons. The molecule has 2 aromatic rings. The normalized spacial score (nSPS) is 16.0. The van der Waals surface area contributed by atoms with Crippen molar-refractivity contribution in [2.75, 3.05) is 11.6 Å². The van der Waals surface area contributed by atoms with E-state index in [1.807, 2.05) is 6.92 Å². The number of aryl methyl sites for hydroxylation is 1. The Morgan fingerprint density at radius 1 is 1.38 bits per heavy atom. The summed E-state index contributed by atoms with van der Waals surface area (Å²) in [5, 5.41) is 11.8. The van der Waals surface area contributed by atoms with E-state index < -0.39 is 0 Å². The summed E-state index contributed by atoms with van der Waals surface area (Å²) in [6.45, 7) is 1.84. The van der Waals surface area contributed by atoms with Gasteiger partial charge >= 0.3 is 0 Å². The van der Waals surface area contributed by atoms with Crippen molar-refractivity contribution < 1.29 is 9.21 Å². The van der Waals surface area contributed by atoms with E-state index in [4.69, 9.17) is 10.3 Å². The molecule has 1 fully saturated rings. The molecule has 24 heavy (non-hydrogen) atoms. The standard InChI is InChI=1S/C16H23N5O2S/c1-11-13(8-9-23-11)15-19-20-16(21(15)17)24-10-14(22)18-12-6-4-2-3-5-7-12/h8-9,12H,2-7,10,17H2,1H3,(H,18,22). The van der Waals surface area contributed by atoms with Crippen molar-refractivity contribution >= 4 is 17.7 Å². The molecule has 130 valence electrons. The third kappa shape index (κ3) is 3.92. The number of carbonyl (C=O) groups excluding carboxylic acids is 1. The second kappa shape index (κ2) is 7.74. The third-order valence-corrected chi connectivity index (χ3v) is 5.26. The van der Waals surface area contributed by atoms with Crippen LogP contribution in [-0.2, 0) is 4.79 Å². The van der Waals surface area contributed by atoms with E-state index >= 15 is 0 Å². The summed E-state index contributed by atoms with van der Waals surface area (Å²) in [7, 11) is 0. The Morgan fingerprint density at radius 2 is 2.12 bits per heavy atom. The Bertz CT molecular complexity index is 688. The zero-order valence-corrected chi connectivity index (χ0v) is 14.6. The molecule has 0 atom stereocenters. The van der Waals surface area contributed by atoms with E-state index in [0.717, 1.165) is 24.2 Å². The minimum Gasteiger partial charge on any atom is -0.469 e. The number of nitrogens with zero attached hydrogens (tertiary/aromatic N) is 3. The number of rotatable bonds is 5. The second-order valence-electron chi connectivity index (χ2n) is 6.11. The van der Waals surface area contributed by atoms with Gasteiger partial charge in [-0.2, -0.15) is 0 Å². The van der Waals surface area contributed by atoms with Crippen LogP contribution in [0.3, 0.4) is 0 Å². The van der Waals surface area contributed by atoms with Gasteiger partial charge < -0.3 is 15.6 Å². The average Bonchev–Trinajstić information content (AvgIpc) is 3.03. The third-order valence-electron chi connectivity index (χ3n) is 4.32. The number of hydrogen-bond donors (Lipinski definition) is 2. The Kier molecular flexibility index (Phi) is 5.44. The van der Waals surface area contributed by atoms with Gasteiger partial charge in [-0.3, -0.25) is 4.79 Å².